The minimum absolute atomic E-state index is 0.401. The zero-order valence-corrected chi connectivity index (χ0v) is 9.94. The molecule has 2 amide bonds. The average Bonchev–Trinajstić information content (AvgIpc) is 2.36. The van der Waals surface area contributed by atoms with Gasteiger partial charge in [-0.25, -0.2) is 0 Å². The topological polar surface area (TPSA) is 37.4 Å². The maximum Gasteiger partial charge on any atom is 0.323 e. The lowest BCUT2D eigenvalue weighted by Gasteiger charge is -2.12. The summed E-state index contributed by atoms with van der Waals surface area (Å²) >= 11 is 5.29. The highest BCUT2D eigenvalue weighted by atomic mass is 35.5. The lowest BCUT2D eigenvalue weighted by molar-refractivity contribution is 0.0849. The molecule has 0 atom stereocenters. The summed E-state index contributed by atoms with van der Waals surface area (Å²) in [6, 6.07) is 12.9. The fourth-order valence-electron chi connectivity index (χ4n) is 1.67. The molecular formula is C13H10ClNO2. The van der Waals surface area contributed by atoms with E-state index in [4.69, 9.17) is 11.6 Å². The zero-order chi connectivity index (χ0) is 12.4. The molecule has 0 aliphatic rings. The van der Waals surface area contributed by atoms with E-state index >= 15 is 0 Å². The van der Waals surface area contributed by atoms with Gasteiger partial charge in [0, 0.05) is 12.6 Å². The number of benzene rings is 2. The number of imide groups is 1. The summed E-state index contributed by atoms with van der Waals surface area (Å²) in [6.07, 6.45) is 0. The molecule has 0 N–H and O–H groups in total. The molecule has 2 aromatic carbocycles. The van der Waals surface area contributed by atoms with Crippen molar-refractivity contribution >= 4 is 33.6 Å². The van der Waals surface area contributed by atoms with Gasteiger partial charge in [-0.3, -0.25) is 14.5 Å². The van der Waals surface area contributed by atoms with E-state index in [1.807, 2.05) is 30.3 Å². The predicted octanol–water partition coefficient (Wildman–Crippen LogP) is 3.27. The zero-order valence-electron chi connectivity index (χ0n) is 9.18. The van der Waals surface area contributed by atoms with Crippen molar-refractivity contribution in [2.75, 3.05) is 7.05 Å². The molecule has 17 heavy (non-hydrogen) atoms. The van der Waals surface area contributed by atoms with E-state index in [9.17, 15) is 9.59 Å². The van der Waals surface area contributed by atoms with Gasteiger partial charge >= 0.3 is 5.37 Å². The van der Waals surface area contributed by atoms with Crippen molar-refractivity contribution in [3.05, 3.63) is 48.0 Å². The SMILES string of the molecule is CN(C(=O)Cl)C(=O)c1cccc2ccccc12. The second kappa shape index (κ2) is 4.55. The van der Waals surface area contributed by atoms with Crippen LogP contribution in [0.3, 0.4) is 0 Å². The molecule has 0 aromatic heterocycles. The Bertz CT molecular complexity index is 589. The second-order valence-electron chi connectivity index (χ2n) is 3.64. The number of hydrogen-bond donors (Lipinski definition) is 0. The van der Waals surface area contributed by atoms with Gasteiger partial charge in [0.1, 0.15) is 0 Å². The van der Waals surface area contributed by atoms with Gasteiger partial charge in [0.05, 0.1) is 0 Å². The van der Waals surface area contributed by atoms with Crippen LogP contribution in [-0.2, 0) is 0 Å². The second-order valence-corrected chi connectivity index (χ2v) is 3.97. The molecule has 0 unspecified atom stereocenters. The van der Waals surface area contributed by atoms with Crippen molar-refractivity contribution in [3.63, 3.8) is 0 Å². The Kier molecular flexibility index (Phi) is 3.11. The Hall–Kier alpha value is -1.87. The number of carbonyl (C=O) groups excluding carboxylic acids is 2. The number of fused-ring (bicyclic) bond motifs is 1. The first-order valence-corrected chi connectivity index (χ1v) is 5.44. The van der Waals surface area contributed by atoms with Crippen molar-refractivity contribution in [1.29, 1.82) is 0 Å². The molecule has 0 spiro atoms. The van der Waals surface area contributed by atoms with Crippen molar-refractivity contribution in [3.8, 4) is 0 Å². The Morgan fingerprint density at radius 1 is 1.06 bits per heavy atom. The Labute approximate surface area is 104 Å². The Balaban J connectivity index is 2.56. The Morgan fingerprint density at radius 3 is 2.41 bits per heavy atom. The fourth-order valence-corrected chi connectivity index (χ4v) is 1.75. The fraction of sp³-hybridized carbons (Fsp3) is 0.0769. The van der Waals surface area contributed by atoms with Gasteiger partial charge in [-0.1, -0.05) is 36.4 Å². The normalized spacial score (nSPS) is 10.2. The van der Waals surface area contributed by atoms with Crippen LogP contribution in [0, 0.1) is 0 Å². The predicted molar refractivity (Wildman–Crippen MR) is 67.3 cm³/mol. The molecule has 3 nitrogen and oxygen atoms in total. The standard InChI is InChI=1S/C13H10ClNO2/c1-15(13(14)17)12(16)11-8-4-6-9-5-2-3-7-10(9)11/h2-8H,1H3. The Morgan fingerprint density at radius 2 is 1.71 bits per heavy atom. The van der Waals surface area contributed by atoms with E-state index < -0.39 is 11.3 Å². The summed E-state index contributed by atoms with van der Waals surface area (Å²) in [5.74, 6) is -0.401. The lowest BCUT2D eigenvalue weighted by atomic mass is 10.0. The smallest absolute Gasteiger partial charge is 0.269 e. The van der Waals surface area contributed by atoms with Crippen LogP contribution in [0.4, 0.5) is 4.79 Å². The summed E-state index contributed by atoms with van der Waals surface area (Å²) in [5.41, 5.74) is 0.472. The molecule has 0 bridgehead atoms. The van der Waals surface area contributed by atoms with E-state index in [1.54, 1.807) is 12.1 Å². The molecule has 0 saturated carbocycles. The number of halogens is 1. The molecule has 2 rings (SSSR count). The lowest BCUT2D eigenvalue weighted by Crippen LogP contribution is -2.28. The summed E-state index contributed by atoms with van der Waals surface area (Å²) in [4.78, 5) is 23.9. The quantitative estimate of drug-likeness (QED) is 0.573. The molecule has 4 heteroatoms. The van der Waals surface area contributed by atoms with Crippen LogP contribution in [0.25, 0.3) is 10.8 Å². The molecule has 0 saturated heterocycles. The van der Waals surface area contributed by atoms with E-state index in [1.165, 1.54) is 7.05 Å². The maximum atomic E-state index is 12.0. The van der Waals surface area contributed by atoms with Gasteiger partial charge in [-0.2, -0.15) is 0 Å². The van der Waals surface area contributed by atoms with Crippen molar-refractivity contribution < 1.29 is 9.59 Å². The molecule has 0 fully saturated rings. The third kappa shape index (κ3) is 2.15. The van der Waals surface area contributed by atoms with Gasteiger partial charge in [-0.05, 0) is 28.4 Å². The summed E-state index contributed by atoms with van der Waals surface area (Å²) < 4.78 is 0. The summed E-state index contributed by atoms with van der Waals surface area (Å²) in [6.45, 7) is 0. The first-order valence-electron chi connectivity index (χ1n) is 5.06. The van der Waals surface area contributed by atoms with E-state index in [2.05, 4.69) is 0 Å². The minimum Gasteiger partial charge on any atom is -0.269 e. The van der Waals surface area contributed by atoms with Crippen LogP contribution in [0.5, 0.6) is 0 Å². The third-order valence-corrected chi connectivity index (χ3v) is 2.84. The largest absolute Gasteiger partial charge is 0.323 e. The molecule has 0 radical (unpaired) electrons. The molecular weight excluding hydrogens is 238 g/mol. The van der Waals surface area contributed by atoms with Gasteiger partial charge < -0.3 is 0 Å². The number of amides is 2. The highest BCUT2D eigenvalue weighted by Crippen LogP contribution is 2.19. The van der Waals surface area contributed by atoms with Crippen molar-refractivity contribution in [2.45, 2.75) is 0 Å². The van der Waals surface area contributed by atoms with E-state index in [-0.39, 0.29) is 0 Å². The summed E-state index contributed by atoms with van der Waals surface area (Å²) in [7, 11) is 1.36. The van der Waals surface area contributed by atoms with Gasteiger partial charge in [0.2, 0.25) is 0 Å². The van der Waals surface area contributed by atoms with Crippen LogP contribution in [-0.4, -0.2) is 23.2 Å². The number of nitrogens with zero attached hydrogens (tertiary/aromatic N) is 1. The summed E-state index contributed by atoms with van der Waals surface area (Å²) in [5, 5.41) is 0.974. The van der Waals surface area contributed by atoms with Gasteiger partial charge in [-0.15, -0.1) is 0 Å². The maximum absolute atomic E-state index is 12.0. The van der Waals surface area contributed by atoms with Crippen LogP contribution in [0.15, 0.2) is 42.5 Å². The first-order chi connectivity index (χ1) is 8.11. The van der Waals surface area contributed by atoms with Crippen molar-refractivity contribution in [2.24, 2.45) is 0 Å². The first kappa shape index (κ1) is 11.6. The van der Waals surface area contributed by atoms with Gasteiger partial charge in [0.15, 0.2) is 0 Å². The highest BCUT2D eigenvalue weighted by Gasteiger charge is 2.18. The number of hydrogen-bond acceptors (Lipinski definition) is 2. The number of rotatable bonds is 1. The molecule has 86 valence electrons. The average molecular weight is 248 g/mol. The van der Waals surface area contributed by atoms with Crippen LogP contribution in [0.2, 0.25) is 0 Å². The highest BCUT2D eigenvalue weighted by molar-refractivity contribution is 6.64. The van der Waals surface area contributed by atoms with Crippen LogP contribution < -0.4 is 0 Å². The van der Waals surface area contributed by atoms with Crippen LogP contribution >= 0.6 is 11.6 Å². The number of carbonyl (C=O) groups is 2. The molecule has 0 aliphatic carbocycles. The van der Waals surface area contributed by atoms with Crippen LogP contribution in [0.1, 0.15) is 10.4 Å². The third-order valence-electron chi connectivity index (χ3n) is 2.59. The minimum atomic E-state index is -0.789. The van der Waals surface area contributed by atoms with Gasteiger partial charge in [0.25, 0.3) is 5.91 Å². The molecule has 2 aromatic rings. The van der Waals surface area contributed by atoms with Crippen molar-refractivity contribution in [1.82, 2.24) is 4.90 Å². The monoisotopic (exact) mass is 247 g/mol. The van der Waals surface area contributed by atoms with E-state index in [0.29, 0.717) is 5.56 Å². The van der Waals surface area contributed by atoms with E-state index in [0.717, 1.165) is 15.7 Å². The molecule has 0 aliphatic heterocycles. The molecule has 0 heterocycles.